The third kappa shape index (κ3) is 2.92. The van der Waals surface area contributed by atoms with Gasteiger partial charge in [0.25, 0.3) is 0 Å². The second kappa shape index (κ2) is 4.94. The molecule has 2 rings (SSSR count). The molecule has 4 nitrogen and oxygen atoms in total. The van der Waals surface area contributed by atoms with Crippen LogP contribution >= 0.6 is 0 Å². The SMILES string of the molecule is CNCC(=O)NCC1CCCN1C1CC1. The van der Waals surface area contributed by atoms with Crippen LogP contribution < -0.4 is 10.6 Å². The summed E-state index contributed by atoms with van der Waals surface area (Å²) in [4.78, 5) is 13.9. The number of nitrogens with zero attached hydrogens (tertiary/aromatic N) is 1. The number of hydrogen-bond acceptors (Lipinski definition) is 3. The molecule has 1 aliphatic heterocycles. The summed E-state index contributed by atoms with van der Waals surface area (Å²) in [7, 11) is 1.80. The number of nitrogens with one attached hydrogen (secondary N) is 2. The van der Waals surface area contributed by atoms with Crippen LogP contribution in [0.4, 0.5) is 0 Å². The first-order valence-corrected chi connectivity index (χ1v) is 5.98. The first kappa shape index (κ1) is 10.9. The Bertz CT molecular complexity index is 228. The number of rotatable bonds is 5. The molecule has 0 aromatic carbocycles. The van der Waals surface area contributed by atoms with Gasteiger partial charge in [0.05, 0.1) is 6.54 Å². The highest BCUT2D eigenvalue weighted by atomic mass is 16.1. The smallest absolute Gasteiger partial charge is 0.234 e. The second-order valence-electron chi connectivity index (χ2n) is 4.60. The van der Waals surface area contributed by atoms with Gasteiger partial charge in [-0.2, -0.15) is 0 Å². The van der Waals surface area contributed by atoms with E-state index >= 15 is 0 Å². The van der Waals surface area contributed by atoms with Crippen LogP contribution in [0.15, 0.2) is 0 Å². The predicted molar refractivity (Wildman–Crippen MR) is 59.7 cm³/mol. The van der Waals surface area contributed by atoms with E-state index in [9.17, 15) is 4.79 Å². The van der Waals surface area contributed by atoms with Crippen LogP contribution in [-0.4, -0.2) is 49.6 Å². The van der Waals surface area contributed by atoms with Crippen molar-refractivity contribution in [3.05, 3.63) is 0 Å². The second-order valence-corrected chi connectivity index (χ2v) is 4.60. The van der Waals surface area contributed by atoms with E-state index in [0.29, 0.717) is 12.6 Å². The van der Waals surface area contributed by atoms with Crippen LogP contribution in [0.25, 0.3) is 0 Å². The van der Waals surface area contributed by atoms with Crippen molar-refractivity contribution in [2.75, 3.05) is 26.7 Å². The van der Waals surface area contributed by atoms with Crippen molar-refractivity contribution in [2.45, 2.75) is 37.8 Å². The fourth-order valence-electron chi connectivity index (χ4n) is 2.42. The lowest BCUT2D eigenvalue weighted by Gasteiger charge is -2.24. The van der Waals surface area contributed by atoms with Crippen molar-refractivity contribution in [1.82, 2.24) is 15.5 Å². The first-order chi connectivity index (χ1) is 7.31. The average molecular weight is 211 g/mol. The zero-order valence-corrected chi connectivity index (χ0v) is 9.46. The maximum atomic E-state index is 11.3. The average Bonchev–Trinajstić information content (AvgIpc) is 2.96. The quantitative estimate of drug-likeness (QED) is 0.670. The Labute approximate surface area is 91.4 Å². The minimum atomic E-state index is 0.111. The zero-order valence-electron chi connectivity index (χ0n) is 9.46. The highest BCUT2D eigenvalue weighted by Gasteiger charge is 2.36. The highest BCUT2D eigenvalue weighted by Crippen LogP contribution is 2.32. The van der Waals surface area contributed by atoms with Crippen LogP contribution in [0.2, 0.25) is 0 Å². The number of hydrogen-bond donors (Lipinski definition) is 2. The standard InChI is InChI=1S/C11H21N3O/c1-12-8-11(15)13-7-10-3-2-6-14(10)9-4-5-9/h9-10,12H,2-8H2,1H3,(H,13,15). The maximum absolute atomic E-state index is 11.3. The maximum Gasteiger partial charge on any atom is 0.234 e. The van der Waals surface area contributed by atoms with Crippen molar-refractivity contribution in [1.29, 1.82) is 0 Å². The molecule has 1 amide bonds. The van der Waals surface area contributed by atoms with E-state index in [0.717, 1.165) is 12.6 Å². The predicted octanol–water partition coefficient (Wildman–Crippen LogP) is -0.0512. The molecule has 1 atom stereocenters. The fraction of sp³-hybridized carbons (Fsp3) is 0.909. The van der Waals surface area contributed by atoms with Gasteiger partial charge in [-0.3, -0.25) is 9.69 Å². The van der Waals surface area contributed by atoms with Crippen LogP contribution in [0.3, 0.4) is 0 Å². The lowest BCUT2D eigenvalue weighted by molar-refractivity contribution is -0.120. The van der Waals surface area contributed by atoms with Crippen molar-refractivity contribution in [3.63, 3.8) is 0 Å². The lowest BCUT2D eigenvalue weighted by atomic mass is 10.2. The normalized spacial score (nSPS) is 26.9. The third-order valence-electron chi connectivity index (χ3n) is 3.31. The molecule has 1 saturated heterocycles. The van der Waals surface area contributed by atoms with Crippen molar-refractivity contribution < 1.29 is 4.79 Å². The van der Waals surface area contributed by atoms with Crippen LogP contribution in [-0.2, 0) is 4.79 Å². The summed E-state index contributed by atoms with van der Waals surface area (Å²) in [5.41, 5.74) is 0. The molecule has 2 fully saturated rings. The Hall–Kier alpha value is -0.610. The fourth-order valence-corrected chi connectivity index (χ4v) is 2.42. The Balaban J connectivity index is 1.71. The van der Waals surface area contributed by atoms with Crippen molar-refractivity contribution in [2.24, 2.45) is 0 Å². The van der Waals surface area contributed by atoms with Crippen LogP contribution in [0, 0.1) is 0 Å². The van der Waals surface area contributed by atoms with Gasteiger partial charge < -0.3 is 10.6 Å². The number of carbonyl (C=O) groups excluding carboxylic acids is 1. The molecule has 15 heavy (non-hydrogen) atoms. The molecule has 1 saturated carbocycles. The highest BCUT2D eigenvalue weighted by molar-refractivity contribution is 5.77. The minimum absolute atomic E-state index is 0.111. The number of likely N-dealkylation sites (N-methyl/N-ethyl adjacent to an activating group) is 1. The van der Waals surface area contributed by atoms with Gasteiger partial charge in [0.15, 0.2) is 0 Å². The molecule has 4 heteroatoms. The molecular weight excluding hydrogens is 190 g/mol. The van der Waals surface area contributed by atoms with Gasteiger partial charge in [0.1, 0.15) is 0 Å². The molecular formula is C11H21N3O. The molecule has 1 unspecified atom stereocenters. The van der Waals surface area contributed by atoms with E-state index in [2.05, 4.69) is 15.5 Å². The van der Waals surface area contributed by atoms with Crippen LogP contribution in [0.5, 0.6) is 0 Å². The molecule has 1 heterocycles. The first-order valence-electron chi connectivity index (χ1n) is 5.98. The summed E-state index contributed by atoms with van der Waals surface area (Å²) in [5.74, 6) is 0.111. The van der Waals surface area contributed by atoms with Gasteiger partial charge >= 0.3 is 0 Å². The monoisotopic (exact) mass is 211 g/mol. The van der Waals surface area contributed by atoms with E-state index in [-0.39, 0.29) is 5.91 Å². The molecule has 86 valence electrons. The van der Waals surface area contributed by atoms with E-state index < -0.39 is 0 Å². The molecule has 0 aromatic heterocycles. The van der Waals surface area contributed by atoms with Gasteiger partial charge in [-0.05, 0) is 39.3 Å². The third-order valence-corrected chi connectivity index (χ3v) is 3.31. The van der Waals surface area contributed by atoms with Crippen molar-refractivity contribution >= 4 is 5.91 Å². The van der Waals surface area contributed by atoms with E-state index in [1.54, 1.807) is 7.05 Å². The molecule has 2 aliphatic rings. The van der Waals surface area contributed by atoms with E-state index in [1.165, 1.54) is 32.2 Å². The molecule has 0 radical (unpaired) electrons. The van der Waals surface area contributed by atoms with Gasteiger partial charge in [0.2, 0.25) is 5.91 Å². The molecule has 0 aromatic rings. The molecule has 0 bridgehead atoms. The number of carbonyl (C=O) groups is 1. The summed E-state index contributed by atoms with van der Waals surface area (Å²) in [6.45, 7) is 2.49. The summed E-state index contributed by atoms with van der Waals surface area (Å²) in [6, 6.07) is 1.43. The molecule has 0 spiro atoms. The topological polar surface area (TPSA) is 44.4 Å². The molecule has 1 aliphatic carbocycles. The Morgan fingerprint density at radius 2 is 2.20 bits per heavy atom. The van der Waals surface area contributed by atoms with Gasteiger partial charge in [-0.1, -0.05) is 0 Å². The summed E-state index contributed by atoms with van der Waals surface area (Å²) in [6.07, 6.45) is 5.27. The zero-order chi connectivity index (χ0) is 10.7. The Morgan fingerprint density at radius 1 is 1.40 bits per heavy atom. The largest absolute Gasteiger partial charge is 0.353 e. The number of amides is 1. The van der Waals surface area contributed by atoms with E-state index in [4.69, 9.17) is 0 Å². The van der Waals surface area contributed by atoms with Gasteiger partial charge in [-0.25, -0.2) is 0 Å². The summed E-state index contributed by atoms with van der Waals surface area (Å²) < 4.78 is 0. The van der Waals surface area contributed by atoms with Crippen molar-refractivity contribution in [3.8, 4) is 0 Å². The molecule has 2 N–H and O–H groups in total. The van der Waals surface area contributed by atoms with Gasteiger partial charge in [-0.15, -0.1) is 0 Å². The van der Waals surface area contributed by atoms with Gasteiger partial charge in [0, 0.05) is 18.6 Å². The Morgan fingerprint density at radius 3 is 2.87 bits per heavy atom. The summed E-state index contributed by atoms with van der Waals surface area (Å²) in [5, 5.41) is 5.86. The Kier molecular flexibility index (Phi) is 3.59. The minimum Gasteiger partial charge on any atom is -0.353 e. The lowest BCUT2D eigenvalue weighted by Crippen LogP contribution is -2.43. The number of likely N-dealkylation sites (tertiary alicyclic amines) is 1. The van der Waals surface area contributed by atoms with Crippen LogP contribution in [0.1, 0.15) is 25.7 Å². The summed E-state index contributed by atoms with van der Waals surface area (Å²) >= 11 is 0. The van der Waals surface area contributed by atoms with E-state index in [1.807, 2.05) is 0 Å².